The second-order valence-electron chi connectivity index (χ2n) is 4.96. The minimum Gasteiger partial charge on any atom is -0.369 e. The van der Waals surface area contributed by atoms with Gasteiger partial charge in [-0.25, -0.2) is 0 Å². The monoisotopic (exact) mass is 268 g/mol. The lowest BCUT2D eigenvalue weighted by Crippen LogP contribution is -2.33. The van der Waals surface area contributed by atoms with E-state index in [1.165, 1.54) is 11.3 Å². The SMILES string of the molecule is CCC(C)N(CC)c1cccc(Cl)c1CC(C)N. The highest BCUT2D eigenvalue weighted by Gasteiger charge is 2.17. The highest BCUT2D eigenvalue weighted by Crippen LogP contribution is 2.30. The number of hydrogen-bond acceptors (Lipinski definition) is 2. The molecule has 2 N–H and O–H groups in total. The van der Waals surface area contributed by atoms with Crippen LogP contribution in [0.25, 0.3) is 0 Å². The van der Waals surface area contributed by atoms with Gasteiger partial charge in [0.25, 0.3) is 0 Å². The van der Waals surface area contributed by atoms with Gasteiger partial charge in [0, 0.05) is 29.3 Å². The molecule has 18 heavy (non-hydrogen) atoms. The molecule has 2 unspecified atom stereocenters. The zero-order valence-corrected chi connectivity index (χ0v) is 12.7. The molecule has 0 saturated heterocycles. The Kier molecular flexibility index (Phi) is 5.97. The van der Waals surface area contributed by atoms with Crippen molar-refractivity contribution in [3.63, 3.8) is 0 Å². The summed E-state index contributed by atoms with van der Waals surface area (Å²) in [5.74, 6) is 0. The molecule has 0 bridgehead atoms. The Balaban J connectivity index is 3.16. The Bertz CT molecular complexity index is 377. The topological polar surface area (TPSA) is 29.3 Å². The van der Waals surface area contributed by atoms with E-state index in [1.807, 2.05) is 19.1 Å². The van der Waals surface area contributed by atoms with E-state index < -0.39 is 0 Å². The van der Waals surface area contributed by atoms with Gasteiger partial charge in [0.15, 0.2) is 0 Å². The molecule has 0 aliphatic rings. The molecule has 1 aromatic rings. The van der Waals surface area contributed by atoms with Gasteiger partial charge in [-0.2, -0.15) is 0 Å². The van der Waals surface area contributed by atoms with Crippen molar-refractivity contribution in [2.75, 3.05) is 11.4 Å². The molecule has 0 aliphatic heterocycles. The molecular formula is C15H25ClN2. The largest absolute Gasteiger partial charge is 0.369 e. The molecule has 0 saturated carbocycles. The first-order valence-electron chi connectivity index (χ1n) is 6.80. The lowest BCUT2D eigenvalue weighted by atomic mass is 10.0. The Morgan fingerprint density at radius 1 is 1.28 bits per heavy atom. The van der Waals surface area contributed by atoms with Crippen LogP contribution in [0.1, 0.15) is 39.7 Å². The zero-order valence-electron chi connectivity index (χ0n) is 11.9. The number of halogens is 1. The third-order valence-electron chi connectivity index (χ3n) is 3.39. The van der Waals surface area contributed by atoms with Gasteiger partial charge in [-0.3, -0.25) is 0 Å². The van der Waals surface area contributed by atoms with Crippen molar-refractivity contribution in [3.8, 4) is 0 Å². The van der Waals surface area contributed by atoms with E-state index >= 15 is 0 Å². The van der Waals surface area contributed by atoms with Crippen LogP contribution in [-0.2, 0) is 6.42 Å². The number of nitrogens with zero attached hydrogens (tertiary/aromatic N) is 1. The maximum Gasteiger partial charge on any atom is 0.0459 e. The van der Waals surface area contributed by atoms with Gasteiger partial charge in [0.1, 0.15) is 0 Å². The fraction of sp³-hybridized carbons (Fsp3) is 0.600. The smallest absolute Gasteiger partial charge is 0.0459 e. The molecule has 0 spiro atoms. The van der Waals surface area contributed by atoms with E-state index in [2.05, 4.69) is 31.7 Å². The first kappa shape index (κ1) is 15.3. The summed E-state index contributed by atoms with van der Waals surface area (Å²) in [6, 6.07) is 6.76. The lowest BCUT2D eigenvalue weighted by molar-refractivity contribution is 0.624. The van der Waals surface area contributed by atoms with Crippen LogP contribution >= 0.6 is 11.6 Å². The molecular weight excluding hydrogens is 244 g/mol. The number of hydrogen-bond donors (Lipinski definition) is 1. The first-order chi connectivity index (χ1) is 8.51. The second kappa shape index (κ2) is 7.01. The van der Waals surface area contributed by atoms with Gasteiger partial charge in [0.2, 0.25) is 0 Å². The highest BCUT2D eigenvalue weighted by atomic mass is 35.5. The van der Waals surface area contributed by atoms with Crippen LogP contribution in [0.2, 0.25) is 5.02 Å². The predicted octanol–water partition coefficient (Wildman–Crippen LogP) is 3.85. The van der Waals surface area contributed by atoms with Crippen LogP contribution in [0.15, 0.2) is 18.2 Å². The van der Waals surface area contributed by atoms with E-state index in [4.69, 9.17) is 17.3 Å². The van der Waals surface area contributed by atoms with E-state index in [1.54, 1.807) is 0 Å². The Labute approximate surface area is 116 Å². The van der Waals surface area contributed by atoms with Crippen molar-refractivity contribution in [2.24, 2.45) is 5.73 Å². The van der Waals surface area contributed by atoms with Crippen LogP contribution in [-0.4, -0.2) is 18.6 Å². The number of benzene rings is 1. The van der Waals surface area contributed by atoms with Gasteiger partial charge in [0.05, 0.1) is 0 Å². The van der Waals surface area contributed by atoms with E-state index in [0.717, 1.165) is 24.4 Å². The van der Waals surface area contributed by atoms with Crippen LogP contribution in [0, 0.1) is 0 Å². The van der Waals surface area contributed by atoms with Gasteiger partial charge >= 0.3 is 0 Å². The van der Waals surface area contributed by atoms with Crippen molar-refractivity contribution < 1.29 is 0 Å². The van der Waals surface area contributed by atoms with E-state index in [0.29, 0.717) is 6.04 Å². The highest BCUT2D eigenvalue weighted by molar-refractivity contribution is 6.31. The maximum atomic E-state index is 6.34. The molecule has 3 heteroatoms. The quantitative estimate of drug-likeness (QED) is 0.849. The van der Waals surface area contributed by atoms with E-state index in [-0.39, 0.29) is 6.04 Å². The van der Waals surface area contributed by atoms with Crippen molar-refractivity contribution in [2.45, 2.75) is 52.6 Å². The summed E-state index contributed by atoms with van der Waals surface area (Å²) in [6.45, 7) is 9.65. The molecule has 0 heterocycles. The molecule has 0 aliphatic carbocycles. The average molecular weight is 269 g/mol. The standard InChI is InChI=1S/C15H25ClN2/c1-5-12(4)18(6-2)15-9-7-8-14(16)13(15)10-11(3)17/h7-9,11-12H,5-6,10,17H2,1-4H3. The normalized spacial score (nSPS) is 14.3. The summed E-state index contributed by atoms with van der Waals surface area (Å²) in [5.41, 5.74) is 8.35. The van der Waals surface area contributed by atoms with Gasteiger partial charge in [-0.05, 0) is 51.3 Å². The minimum atomic E-state index is 0.124. The third kappa shape index (κ3) is 3.63. The molecule has 0 radical (unpaired) electrons. The molecule has 0 amide bonds. The van der Waals surface area contributed by atoms with Crippen molar-refractivity contribution in [3.05, 3.63) is 28.8 Å². The maximum absolute atomic E-state index is 6.34. The second-order valence-corrected chi connectivity index (χ2v) is 5.37. The van der Waals surface area contributed by atoms with Gasteiger partial charge in [-0.15, -0.1) is 0 Å². The van der Waals surface area contributed by atoms with Gasteiger partial charge in [-0.1, -0.05) is 24.6 Å². The van der Waals surface area contributed by atoms with Crippen LogP contribution in [0.3, 0.4) is 0 Å². The fourth-order valence-electron chi connectivity index (χ4n) is 2.28. The molecule has 1 aromatic carbocycles. The van der Waals surface area contributed by atoms with Crippen molar-refractivity contribution in [1.29, 1.82) is 0 Å². The number of nitrogens with two attached hydrogens (primary N) is 1. The zero-order chi connectivity index (χ0) is 13.7. The number of rotatable bonds is 6. The molecule has 0 aromatic heterocycles. The summed E-state index contributed by atoms with van der Waals surface area (Å²) in [7, 11) is 0. The summed E-state index contributed by atoms with van der Waals surface area (Å²) in [6.07, 6.45) is 1.94. The van der Waals surface area contributed by atoms with Crippen LogP contribution in [0.4, 0.5) is 5.69 Å². The minimum absolute atomic E-state index is 0.124. The average Bonchev–Trinajstić information content (AvgIpc) is 2.33. The Morgan fingerprint density at radius 2 is 1.94 bits per heavy atom. The molecule has 2 atom stereocenters. The summed E-state index contributed by atoms with van der Waals surface area (Å²) in [5, 5.41) is 0.826. The van der Waals surface area contributed by atoms with Crippen LogP contribution < -0.4 is 10.6 Å². The Morgan fingerprint density at radius 3 is 2.44 bits per heavy atom. The lowest BCUT2D eigenvalue weighted by Gasteiger charge is -2.32. The summed E-state index contributed by atoms with van der Waals surface area (Å²) < 4.78 is 0. The molecule has 1 rings (SSSR count). The first-order valence-corrected chi connectivity index (χ1v) is 7.18. The summed E-state index contributed by atoms with van der Waals surface area (Å²) >= 11 is 6.34. The molecule has 2 nitrogen and oxygen atoms in total. The van der Waals surface area contributed by atoms with Gasteiger partial charge < -0.3 is 10.6 Å². The Hall–Kier alpha value is -0.730. The molecule has 0 fully saturated rings. The third-order valence-corrected chi connectivity index (χ3v) is 3.75. The van der Waals surface area contributed by atoms with Crippen molar-refractivity contribution in [1.82, 2.24) is 0 Å². The van der Waals surface area contributed by atoms with E-state index in [9.17, 15) is 0 Å². The number of anilines is 1. The van der Waals surface area contributed by atoms with Crippen molar-refractivity contribution >= 4 is 17.3 Å². The summed E-state index contributed by atoms with van der Waals surface area (Å²) in [4.78, 5) is 2.41. The van der Waals surface area contributed by atoms with Crippen LogP contribution in [0.5, 0.6) is 0 Å². The molecule has 102 valence electrons. The fourth-order valence-corrected chi connectivity index (χ4v) is 2.53. The predicted molar refractivity (Wildman–Crippen MR) is 81.6 cm³/mol.